The molecule has 1 aromatic heterocycles. The van der Waals surface area contributed by atoms with Crippen LogP contribution >= 0.6 is 11.6 Å². The van der Waals surface area contributed by atoms with E-state index in [1.165, 1.54) is 0 Å². The van der Waals surface area contributed by atoms with Gasteiger partial charge >= 0.3 is 6.03 Å². The summed E-state index contributed by atoms with van der Waals surface area (Å²) in [5.74, 6) is 2.45. The minimum atomic E-state index is -0.132. The van der Waals surface area contributed by atoms with Gasteiger partial charge in [0, 0.05) is 38.8 Å². The van der Waals surface area contributed by atoms with Crippen molar-refractivity contribution in [2.75, 3.05) is 48.3 Å². The van der Waals surface area contributed by atoms with Gasteiger partial charge in [-0.05, 0) is 38.5 Å². The van der Waals surface area contributed by atoms with Crippen LogP contribution in [0.4, 0.5) is 22.1 Å². The van der Waals surface area contributed by atoms with E-state index in [9.17, 15) is 4.79 Å². The fraction of sp³-hybridized carbons (Fsp3) is 0.421. The smallest absolute Gasteiger partial charge is 0.322 e. The number of carbonyl (C=O) groups is 1. The number of amides is 2. The summed E-state index contributed by atoms with van der Waals surface area (Å²) in [4.78, 5) is 25.4. The summed E-state index contributed by atoms with van der Waals surface area (Å²) < 4.78 is 0. The highest BCUT2D eigenvalue weighted by Gasteiger charge is 2.23. The monoisotopic (exact) mass is 388 g/mol. The molecule has 2 N–H and O–H groups in total. The Morgan fingerprint density at radius 3 is 2.56 bits per heavy atom. The van der Waals surface area contributed by atoms with Crippen molar-refractivity contribution < 1.29 is 4.79 Å². The maximum absolute atomic E-state index is 12.5. The lowest BCUT2D eigenvalue weighted by Crippen LogP contribution is -2.50. The molecule has 3 rings (SSSR count). The standard InChI is InChI=1S/C19H25ClN6O/c1-4-21-17-12-18(23-14(3)22-17)25-7-9-26(10-8-25)19(27)24-16-6-5-13(2)11-15(16)20/h5-6,11-12H,4,7-10H2,1-3H3,(H,24,27)(H,21,22,23). The molecule has 7 nitrogen and oxygen atoms in total. The summed E-state index contributed by atoms with van der Waals surface area (Å²) in [5, 5.41) is 6.67. The second-order valence-corrected chi connectivity index (χ2v) is 6.98. The van der Waals surface area contributed by atoms with E-state index in [1.807, 2.05) is 45.0 Å². The second-order valence-electron chi connectivity index (χ2n) is 6.58. The van der Waals surface area contributed by atoms with Crippen LogP contribution in [0, 0.1) is 13.8 Å². The highest BCUT2D eigenvalue weighted by Crippen LogP contribution is 2.23. The number of benzene rings is 1. The van der Waals surface area contributed by atoms with Gasteiger partial charge in [0.05, 0.1) is 10.7 Å². The number of urea groups is 1. The first kappa shape index (κ1) is 19.2. The number of anilines is 3. The minimum absolute atomic E-state index is 0.132. The summed E-state index contributed by atoms with van der Waals surface area (Å²) in [6.45, 7) is 9.38. The highest BCUT2D eigenvalue weighted by molar-refractivity contribution is 6.33. The first-order valence-electron chi connectivity index (χ1n) is 9.13. The van der Waals surface area contributed by atoms with Crippen LogP contribution in [0.2, 0.25) is 5.02 Å². The van der Waals surface area contributed by atoms with Crippen LogP contribution in [0.15, 0.2) is 24.3 Å². The SMILES string of the molecule is CCNc1cc(N2CCN(C(=O)Nc3ccc(C)cc3Cl)CC2)nc(C)n1. The van der Waals surface area contributed by atoms with E-state index >= 15 is 0 Å². The maximum atomic E-state index is 12.5. The molecule has 0 atom stereocenters. The van der Waals surface area contributed by atoms with Crippen molar-refractivity contribution in [1.82, 2.24) is 14.9 Å². The number of hydrogen-bond donors (Lipinski definition) is 2. The predicted molar refractivity (Wildman–Crippen MR) is 110 cm³/mol. The van der Waals surface area contributed by atoms with Crippen LogP contribution in [0.5, 0.6) is 0 Å². The van der Waals surface area contributed by atoms with E-state index in [4.69, 9.17) is 11.6 Å². The molecule has 1 aliphatic heterocycles. The first-order valence-corrected chi connectivity index (χ1v) is 9.50. The lowest BCUT2D eigenvalue weighted by Gasteiger charge is -2.35. The fourth-order valence-corrected chi connectivity index (χ4v) is 3.32. The van der Waals surface area contributed by atoms with Gasteiger partial charge in [-0.15, -0.1) is 0 Å². The summed E-state index contributed by atoms with van der Waals surface area (Å²) in [7, 11) is 0. The molecule has 2 aromatic rings. The van der Waals surface area contributed by atoms with Gasteiger partial charge in [0.25, 0.3) is 0 Å². The molecule has 0 spiro atoms. The number of rotatable bonds is 4. The number of aryl methyl sites for hydroxylation is 2. The van der Waals surface area contributed by atoms with Crippen LogP contribution in [0.3, 0.4) is 0 Å². The van der Waals surface area contributed by atoms with Gasteiger partial charge in [-0.25, -0.2) is 14.8 Å². The van der Waals surface area contributed by atoms with Crippen LogP contribution in [-0.2, 0) is 0 Å². The molecule has 144 valence electrons. The average Bonchev–Trinajstić information content (AvgIpc) is 2.64. The first-order chi connectivity index (χ1) is 13.0. The molecule has 0 unspecified atom stereocenters. The minimum Gasteiger partial charge on any atom is -0.370 e. The third-order valence-corrected chi connectivity index (χ3v) is 4.75. The average molecular weight is 389 g/mol. The molecule has 1 aromatic carbocycles. The van der Waals surface area contributed by atoms with E-state index in [1.54, 1.807) is 4.90 Å². The number of hydrogen-bond acceptors (Lipinski definition) is 5. The van der Waals surface area contributed by atoms with Gasteiger partial charge in [0.2, 0.25) is 0 Å². The number of nitrogens with one attached hydrogen (secondary N) is 2. The summed E-state index contributed by atoms with van der Waals surface area (Å²) in [6.07, 6.45) is 0. The Balaban J connectivity index is 1.60. The summed E-state index contributed by atoms with van der Waals surface area (Å²) >= 11 is 6.21. The molecule has 0 bridgehead atoms. The zero-order valence-electron chi connectivity index (χ0n) is 15.9. The molecule has 0 aliphatic carbocycles. The van der Waals surface area contributed by atoms with Crippen LogP contribution in [0.1, 0.15) is 18.3 Å². The number of halogens is 1. The number of carbonyl (C=O) groups excluding carboxylic acids is 1. The summed E-state index contributed by atoms with van der Waals surface area (Å²) in [6, 6.07) is 7.43. The van der Waals surface area contributed by atoms with E-state index in [0.717, 1.165) is 42.7 Å². The molecule has 0 saturated carbocycles. The Labute approximate surface area is 164 Å². The largest absolute Gasteiger partial charge is 0.370 e. The lowest BCUT2D eigenvalue weighted by atomic mass is 10.2. The highest BCUT2D eigenvalue weighted by atomic mass is 35.5. The van der Waals surface area contributed by atoms with Crippen molar-refractivity contribution in [3.8, 4) is 0 Å². The molecular formula is C19H25ClN6O. The third-order valence-electron chi connectivity index (χ3n) is 4.44. The molecule has 8 heteroatoms. The van der Waals surface area contributed by atoms with Crippen molar-refractivity contribution in [2.45, 2.75) is 20.8 Å². The van der Waals surface area contributed by atoms with Gasteiger partial charge in [-0.3, -0.25) is 0 Å². The fourth-order valence-electron chi connectivity index (χ4n) is 3.04. The Hall–Kier alpha value is -2.54. The third kappa shape index (κ3) is 4.80. The molecule has 2 heterocycles. The maximum Gasteiger partial charge on any atom is 0.322 e. The Bertz CT molecular complexity index is 820. The van der Waals surface area contributed by atoms with Crippen molar-refractivity contribution in [3.05, 3.63) is 40.7 Å². The van der Waals surface area contributed by atoms with E-state index in [-0.39, 0.29) is 6.03 Å². The summed E-state index contributed by atoms with van der Waals surface area (Å²) in [5.41, 5.74) is 1.69. The molecule has 1 aliphatic rings. The van der Waals surface area contributed by atoms with E-state index in [0.29, 0.717) is 23.8 Å². The molecule has 2 amide bonds. The molecule has 1 saturated heterocycles. The molecule has 0 radical (unpaired) electrons. The molecule has 1 fully saturated rings. The van der Waals surface area contributed by atoms with Crippen LogP contribution in [-0.4, -0.2) is 53.6 Å². The van der Waals surface area contributed by atoms with Gasteiger partial charge < -0.3 is 20.4 Å². The second kappa shape index (κ2) is 8.43. The Morgan fingerprint density at radius 2 is 1.89 bits per heavy atom. The number of nitrogens with zero attached hydrogens (tertiary/aromatic N) is 4. The molecule has 27 heavy (non-hydrogen) atoms. The van der Waals surface area contributed by atoms with Crippen LogP contribution < -0.4 is 15.5 Å². The number of aromatic nitrogens is 2. The van der Waals surface area contributed by atoms with Crippen LogP contribution in [0.25, 0.3) is 0 Å². The van der Waals surface area contributed by atoms with Gasteiger partial charge in [-0.1, -0.05) is 17.7 Å². The van der Waals surface area contributed by atoms with Gasteiger partial charge in [0.15, 0.2) is 0 Å². The molecular weight excluding hydrogens is 364 g/mol. The zero-order chi connectivity index (χ0) is 19.4. The number of piperazine rings is 1. The topological polar surface area (TPSA) is 73.4 Å². The quantitative estimate of drug-likeness (QED) is 0.838. The van der Waals surface area contributed by atoms with E-state index < -0.39 is 0 Å². The van der Waals surface area contributed by atoms with E-state index in [2.05, 4.69) is 25.5 Å². The van der Waals surface area contributed by atoms with Crippen molar-refractivity contribution in [1.29, 1.82) is 0 Å². The lowest BCUT2D eigenvalue weighted by molar-refractivity contribution is 0.208. The Kier molecular flexibility index (Phi) is 6.01. The zero-order valence-corrected chi connectivity index (χ0v) is 16.7. The van der Waals surface area contributed by atoms with Crippen molar-refractivity contribution >= 4 is 35.0 Å². The normalized spacial score (nSPS) is 14.2. The Morgan fingerprint density at radius 1 is 1.15 bits per heavy atom. The van der Waals surface area contributed by atoms with Crippen molar-refractivity contribution in [2.24, 2.45) is 0 Å². The predicted octanol–water partition coefficient (Wildman–Crippen LogP) is 3.53. The van der Waals surface area contributed by atoms with Gasteiger partial charge in [0.1, 0.15) is 17.5 Å². The van der Waals surface area contributed by atoms with Crippen molar-refractivity contribution in [3.63, 3.8) is 0 Å². The van der Waals surface area contributed by atoms with Gasteiger partial charge in [-0.2, -0.15) is 0 Å².